The molecule has 0 saturated carbocycles. The lowest BCUT2D eigenvalue weighted by molar-refractivity contribution is -0.137. The number of alkyl halides is 3. The van der Waals surface area contributed by atoms with Crippen LogP contribution >= 0.6 is 0 Å². The molecule has 3 aromatic rings. The third-order valence-corrected chi connectivity index (χ3v) is 5.14. The SMILES string of the molecule is Cn1ncc2c(NC(=O)N[C@@H]3CC(C)(C)Oc4cc(C(F)(F)F)ccc43)cccc21. The zero-order valence-corrected chi connectivity index (χ0v) is 16.7. The van der Waals surface area contributed by atoms with E-state index < -0.39 is 29.4 Å². The monoisotopic (exact) mass is 418 g/mol. The lowest BCUT2D eigenvalue weighted by Crippen LogP contribution is -2.42. The van der Waals surface area contributed by atoms with E-state index in [0.717, 1.165) is 23.0 Å². The summed E-state index contributed by atoms with van der Waals surface area (Å²) in [5, 5.41) is 10.7. The number of fused-ring (bicyclic) bond motifs is 2. The molecule has 1 atom stereocenters. The molecule has 2 amide bonds. The summed E-state index contributed by atoms with van der Waals surface area (Å²) < 4.78 is 46.7. The molecule has 2 aromatic carbocycles. The van der Waals surface area contributed by atoms with Crippen LogP contribution in [0.5, 0.6) is 5.75 Å². The normalized spacial score (nSPS) is 17.9. The Balaban J connectivity index is 1.59. The zero-order chi connectivity index (χ0) is 21.7. The van der Waals surface area contributed by atoms with Gasteiger partial charge in [-0.05, 0) is 38.1 Å². The van der Waals surface area contributed by atoms with Gasteiger partial charge in [-0.3, -0.25) is 4.68 Å². The third kappa shape index (κ3) is 3.79. The number of aromatic nitrogens is 2. The molecule has 0 fully saturated rings. The number of hydrogen-bond donors (Lipinski definition) is 2. The van der Waals surface area contributed by atoms with Gasteiger partial charge in [0.2, 0.25) is 0 Å². The number of benzene rings is 2. The summed E-state index contributed by atoms with van der Waals surface area (Å²) in [6.07, 6.45) is -2.39. The number of ether oxygens (including phenoxy) is 1. The smallest absolute Gasteiger partial charge is 0.416 e. The van der Waals surface area contributed by atoms with Gasteiger partial charge in [-0.25, -0.2) is 4.79 Å². The molecule has 1 aliphatic rings. The van der Waals surface area contributed by atoms with Crippen LogP contribution in [-0.4, -0.2) is 21.4 Å². The highest BCUT2D eigenvalue weighted by Gasteiger charge is 2.37. The molecular formula is C21H21F3N4O2. The van der Waals surface area contributed by atoms with Gasteiger partial charge in [0.1, 0.15) is 11.4 Å². The van der Waals surface area contributed by atoms with Crippen molar-refractivity contribution < 1.29 is 22.7 Å². The Kier molecular flexibility index (Phi) is 4.63. The average molecular weight is 418 g/mol. The fraction of sp³-hybridized carbons (Fsp3) is 0.333. The maximum atomic E-state index is 13.1. The second-order valence-electron chi connectivity index (χ2n) is 7.97. The predicted molar refractivity (Wildman–Crippen MR) is 106 cm³/mol. The summed E-state index contributed by atoms with van der Waals surface area (Å²) in [5.74, 6) is 0.126. The molecule has 0 aliphatic carbocycles. The van der Waals surface area contributed by atoms with Gasteiger partial charge in [0.25, 0.3) is 0 Å². The zero-order valence-electron chi connectivity index (χ0n) is 16.7. The first kappa shape index (κ1) is 20.1. The second-order valence-corrected chi connectivity index (χ2v) is 7.97. The van der Waals surface area contributed by atoms with Crippen LogP contribution in [-0.2, 0) is 13.2 Å². The Bertz CT molecular complexity index is 1120. The molecule has 0 unspecified atom stereocenters. The molecule has 4 rings (SSSR count). The molecular weight excluding hydrogens is 397 g/mol. The Morgan fingerprint density at radius 3 is 2.77 bits per heavy atom. The van der Waals surface area contributed by atoms with Crippen LogP contribution in [0, 0.1) is 0 Å². The van der Waals surface area contributed by atoms with Crippen LogP contribution in [0.3, 0.4) is 0 Å². The Morgan fingerprint density at radius 2 is 2.03 bits per heavy atom. The topological polar surface area (TPSA) is 68.2 Å². The minimum absolute atomic E-state index is 0.126. The number of carbonyl (C=O) groups excluding carboxylic acids is 1. The van der Waals surface area contributed by atoms with Crippen LogP contribution in [0.4, 0.5) is 23.7 Å². The van der Waals surface area contributed by atoms with Gasteiger partial charge in [-0.15, -0.1) is 0 Å². The number of amides is 2. The Hall–Kier alpha value is -3.23. The lowest BCUT2D eigenvalue weighted by atomic mass is 9.89. The summed E-state index contributed by atoms with van der Waals surface area (Å²) in [6, 6.07) is 7.86. The fourth-order valence-electron chi connectivity index (χ4n) is 3.76. The molecule has 0 spiro atoms. The van der Waals surface area contributed by atoms with Crippen molar-refractivity contribution in [2.24, 2.45) is 7.05 Å². The minimum atomic E-state index is -4.47. The number of halogens is 3. The summed E-state index contributed by atoms with van der Waals surface area (Å²) in [5.41, 5.74) is 0.447. The molecule has 0 bridgehead atoms. The van der Waals surface area contributed by atoms with Gasteiger partial charge in [0.15, 0.2) is 0 Å². The van der Waals surface area contributed by atoms with Crippen LogP contribution in [0.2, 0.25) is 0 Å². The largest absolute Gasteiger partial charge is 0.487 e. The number of nitrogens with one attached hydrogen (secondary N) is 2. The number of anilines is 1. The van der Waals surface area contributed by atoms with E-state index in [2.05, 4.69) is 15.7 Å². The maximum Gasteiger partial charge on any atom is 0.416 e. The van der Waals surface area contributed by atoms with Crippen molar-refractivity contribution in [2.75, 3.05) is 5.32 Å². The van der Waals surface area contributed by atoms with E-state index >= 15 is 0 Å². The molecule has 2 heterocycles. The van der Waals surface area contributed by atoms with Crippen molar-refractivity contribution in [1.29, 1.82) is 0 Å². The number of nitrogens with zero attached hydrogens (tertiary/aromatic N) is 2. The summed E-state index contributed by atoms with van der Waals surface area (Å²) in [6.45, 7) is 3.55. The van der Waals surface area contributed by atoms with E-state index in [1.807, 2.05) is 19.2 Å². The summed E-state index contributed by atoms with van der Waals surface area (Å²) in [4.78, 5) is 12.7. The maximum absolute atomic E-state index is 13.1. The van der Waals surface area contributed by atoms with E-state index in [-0.39, 0.29) is 5.75 Å². The van der Waals surface area contributed by atoms with Crippen molar-refractivity contribution in [3.63, 3.8) is 0 Å². The highest BCUT2D eigenvalue weighted by atomic mass is 19.4. The van der Waals surface area contributed by atoms with Gasteiger partial charge in [-0.1, -0.05) is 12.1 Å². The van der Waals surface area contributed by atoms with E-state index in [1.165, 1.54) is 6.07 Å². The average Bonchev–Trinajstić information content (AvgIpc) is 3.02. The first-order valence-corrected chi connectivity index (χ1v) is 9.42. The quantitative estimate of drug-likeness (QED) is 0.614. The highest BCUT2D eigenvalue weighted by Crippen LogP contribution is 2.42. The van der Waals surface area contributed by atoms with Crippen LogP contribution in [0.1, 0.15) is 37.4 Å². The molecule has 9 heteroatoms. The van der Waals surface area contributed by atoms with E-state index in [0.29, 0.717) is 17.7 Å². The number of rotatable bonds is 2. The summed E-state index contributed by atoms with van der Waals surface area (Å²) >= 11 is 0. The van der Waals surface area contributed by atoms with Gasteiger partial charge < -0.3 is 15.4 Å². The lowest BCUT2D eigenvalue weighted by Gasteiger charge is -2.38. The fourth-order valence-corrected chi connectivity index (χ4v) is 3.76. The molecule has 1 aliphatic heterocycles. The first-order chi connectivity index (χ1) is 14.0. The molecule has 2 N–H and O–H groups in total. The van der Waals surface area contributed by atoms with Crippen molar-refractivity contribution in [1.82, 2.24) is 15.1 Å². The Labute approximate surface area is 171 Å². The van der Waals surface area contributed by atoms with Crippen molar-refractivity contribution in [2.45, 2.75) is 38.1 Å². The molecule has 30 heavy (non-hydrogen) atoms. The van der Waals surface area contributed by atoms with Gasteiger partial charge in [-0.2, -0.15) is 18.3 Å². The van der Waals surface area contributed by atoms with E-state index in [9.17, 15) is 18.0 Å². The summed E-state index contributed by atoms with van der Waals surface area (Å²) in [7, 11) is 1.81. The number of urea groups is 1. The molecule has 1 aromatic heterocycles. The van der Waals surface area contributed by atoms with E-state index in [4.69, 9.17) is 4.74 Å². The first-order valence-electron chi connectivity index (χ1n) is 9.42. The third-order valence-electron chi connectivity index (χ3n) is 5.14. The van der Waals surface area contributed by atoms with Gasteiger partial charge in [0, 0.05) is 24.4 Å². The van der Waals surface area contributed by atoms with Crippen LogP contribution < -0.4 is 15.4 Å². The molecule has 158 valence electrons. The van der Waals surface area contributed by atoms with Gasteiger partial charge >= 0.3 is 12.2 Å². The standard InChI is InChI=1S/C21H21F3N4O2/c1-20(2)10-16(13-8-7-12(21(22,23)24)9-18(13)30-20)27-19(29)26-15-5-4-6-17-14(15)11-25-28(17)3/h4-9,11,16H,10H2,1-3H3,(H2,26,27,29)/t16-/m1/s1. The molecule has 0 radical (unpaired) electrons. The second kappa shape index (κ2) is 6.93. The van der Waals surface area contributed by atoms with Crippen molar-refractivity contribution in [3.05, 3.63) is 53.7 Å². The van der Waals surface area contributed by atoms with E-state index in [1.54, 1.807) is 30.8 Å². The Morgan fingerprint density at radius 1 is 1.27 bits per heavy atom. The molecule has 0 saturated heterocycles. The van der Waals surface area contributed by atoms with Crippen LogP contribution in [0.25, 0.3) is 10.9 Å². The number of aryl methyl sites for hydroxylation is 1. The molecule has 6 nitrogen and oxygen atoms in total. The minimum Gasteiger partial charge on any atom is -0.487 e. The van der Waals surface area contributed by atoms with Crippen LogP contribution in [0.15, 0.2) is 42.6 Å². The van der Waals surface area contributed by atoms with Gasteiger partial charge in [0.05, 0.1) is 29.0 Å². The highest BCUT2D eigenvalue weighted by molar-refractivity contribution is 6.00. The number of carbonyl (C=O) groups is 1. The van der Waals surface area contributed by atoms with Crippen molar-refractivity contribution >= 4 is 22.6 Å². The predicted octanol–water partition coefficient (Wildman–Crippen LogP) is 5.02. The van der Waals surface area contributed by atoms with Crippen molar-refractivity contribution in [3.8, 4) is 5.75 Å². The number of hydrogen-bond acceptors (Lipinski definition) is 3.